The highest BCUT2D eigenvalue weighted by atomic mass is 16.3. The summed E-state index contributed by atoms with van der Waals surface area (Å²) in [7, 11) is 0. The van der Waals surface area contributed by atoms with Gasteiger partial charge >= 0.3 is 0 Å². The first kappa shape index (κ1) is 14.4. The molecule has 5 heteroatoms. The summed E-state index contributed by atoms with van der Waals surface area (Å²) in [6.45, 7) is 6.13. The van der Waals surface area contributed by atoms with Crippen molar-refractivity contribution < 1.29 is 5.11 Å². The third-order valence-electron chi connectivity index (χ3n) is 2.40. The van der Waals surface area contributed by atoms with Gasteiger partial charge in [-0.05, 0) is 31.0 Å². The molecule has 5 nitrogen and oxygen atoms in total. The van der Waals surface area contributed by atoms with Gasteiger partial charge in [0.2, 0.25) is 0 Å². The van der Waals surface area contributed by atoms with Gasteiger partial charge in [-0.1, -0.05) is 6.92 Å². The summed E-state index contributed by atoms with van der Waals surface area (Å²) in [6, 6.07) is 3.60. The molecular weight excluding hydrogens is 228 g/mol. The van der Waals surface area contributed by atoms with Crippen LogP contribution in [0.15, 0.2) is 29.5 Å². The summed E-state index contributed by atoms with van der Waals surface area (Å²) in [5.41, 5.74) is 0.833. The zero-order valence-corrected chi connectivity index (χ0v) is 11.1. The number of aliphatic imine (C=N–C) groups is 1. The molecule has 0 aromatic carbocycles. The molecule has 1 unspecified atom stereocenters. The Morgan fingerprint density at radius 3 is 2.67 bits per heavy atom. The van der Waals surface area contributed by atoms with E-state index in [1.54, 1.807) is 24.5 Å². The van der Waals surface area contributed by atoms with Crippen molar-refractivity contribution in [1.29, 1.82) is 0 Å². The summed E-state index contributed by atoms with van der Waals surface area (Å²) in [4.78, 5) is 8.27. The zero-order chi connectivity index (χ0) is 13.2. The molecule has 0 saturated heterocycles. The van der Waals surface area contributed by atoms with Crippen molar-refractivity contribution >= 4 is 5.96 Å². The van der Waals surface area contributed by atoms with Crippen LogP contribution in [0.1, 0.15) is 31.9 Å². The highest BCUT2D eigenvalue weighted by Gasteiger charge is 2.06. The number of aromatic nitrogens is 1. The lowest BCUT2D eigenvalue weighted by Crippen LogP contribution is -2.37. The Morgan fingerprint density at radius 1 is 1.33 bits per heavy atom. The second-order valence-electron chi connectivity index (χ2n) is 3.94. The molecule has 0 aliphatic heterocycles. The van der Waals surface area contributed by atoms with Gasteiger partial charge in [-0.25, -0.2) is 0 Å². The normalized spacial score (nSPS) is 13.2. The monoisotopic (exact) mass is 250 g/mol. The minimum Gasteiger partial charge on any atom is -0.386 e. The molecular formula is C13H22N4O. The summed E-state index contributed by atoms with van der Waals surface area (Å²) in [5, 5.41) is 16.3. The van der Waals surface area contributed by atoms with E-state index in [1.165, 1.54) is 0 Å². The van der Waals surface area contributed by atoms with Crippen LogP contribution in [0, 0.1) is 0 Å². The van der Waals surface area contributed by atoms with Crippen LogP contribution >= 0.6 is 0 Å². The topological polar surface area (TPSA) is 69.5 Å². The van der Waals surface area contributed by atoms with Crippen LogP contribution in [-0.4, -0.2) is 35.7 Å². The van der Waals surface area contributed by atoms with E-state index in [0.29, 0.717) is 6.54 Å². The third kappa shape index (κ3) is 5.14. The van der Waals surface area contributed by atoms with E-state index in [-0.39, 0.29) is 0 Å². The SMILES string of the molecule is CCCNC(=NCC(O)c1ccncc1)NCC. The van der Waals surface area contributed by atoms with Crippen molar-refractivity contribution in [2.24, 2.45) is 4.99 Å². The fourth-order valence-electron chi connectivity index (χ4n) is 1.45. The predicted molar refractivity (Wildman–Crippen MR) is 73.5 cm³/mol. The van der Waals surface area contributed by atoms with Crippen molar-refractivity contribution in [3.8, 4) is 0 Å². The van der Waals surface area contributed by atoms with Gasteiger partial charge in [0.05, 0.1) is 12.6 Å². The Kier molecular flexibility index (Phi) is 6.79. The Hall–Kier alpha value is -1.62. The van der Waals surface area contributed by atoms with Gasteiger partial charge in [-0.2, -0.15) is 0 Å². The molecule has 0 radical (unpaired) electrons. The Morgan fingerprint density at radius 2 is 2.06 bits per heavy atom. The van der Waals surface area contributed by atoms with Gasteiger partial charge in [0, 0.05) is 25.5 Å². The van der Waals surface area contributed by atoms with Crippen LogP contribution in [0.2, 0.25) is 0 Å². The largest absolute Gasteiger partial charge is 0.386 e. The lowest BCUT2D eigenvalue weighted by atomic mass is 10.1. The van der Waals surface area contributed by atoms with Gasteiger partial charge in [0.15, 0.2) is 5.96 Å². The molecule has 0 saturated carbocycles. The van der Waals surface area contributed by atoms with Crippen molar-refractivity contribution in [3.63, 3.8) is 0 Å². The first-order valence-corrected chi connectivity index (χ1v) is 6.38. The molecule has 0 aliphatic rings. The maximum atomic E-state index is 9.97. The highest BCUT2D eigenvalue weighted by Crippen LogP contribution is 2.10. The number of pyridine rings is 1. The fourth-order valence-corrected chi connectivity index (χ4v) is 1.45. The summed E-state index contributed by atoms with van der Waals surface area (Å²) < 4.78 is 0. The van der Waals surface area contributed by atoms with Crippen LogP contribution in [0.5, 0.6) is 0 Å². The second kappa shape index (κ2) is 8.47. The minimum atomic E-state index is -0.593. The van der Waals surface area contributed by atoms with E-state index in [9.17, 15) is 5.11 Å². The number of hydrogen-bond acceptors (Lipinski definition) is 3. The Bertz CT molecular complexity index is 353. The lowest BCUT2D eigenvalue weighted by Gasteiger charge is -2.12. The van der Waals surface area contributed by atoms with Crippen LogP contribution in [0.3, 0.4) is 0 Å². The van der Waals surface area contributed by atoms with E-state index < -0.39 is 6.10 Å². The summed E-state index contributed by atoms with van der Waals surface area (Å²) in [5.74, 6) is 0.743. The first-order valence-electron chi connectivity index (χ1n) is 6.38. The van der Waals surface area contributed by atoms with Gasteiger partial charge < -0.3 is 15.7 Å². The molecule has 0 fully saturated rings. The molecule has 0 bridgehead atoms. The maximum absolute atomic E-state index is 9.97. The average Bonchev–Trinajstić information content (AvgIpc) is 2.42. The molecule has 1 atom stereocenters. The molecule has 0 spiro atoms. The molecule has 100 valence electrons. The third-order valence-corrected chi connectivity index (χ3v) is 2.40. The fraction of sp³-hybridized carbons (Fsp3) is 0.538. The van der Waals surface area contributed by atoms with Crippen molar-refractivity contribution in [1.82, 2.24) is 15.6 Å². The Labute approximate surface area is 108 Å². The molecule has 3 N–H and O–H groups in total. The smallest absolute Gasteiger partial charge is 0.191 e. The van der Waals surface area contributed by atoms with E-state index in [1.807, 2.05) is 6.92 Å². The average molecular weight is 250 g/mol. The van der Waals surface area contributed by atoms with Gasteiger partial charge in [-0.3, -0.25) is 9.98 Å². The van der Waals surface area contributed by atoms with E-state index in [2.05, 4.69) is 27.5 Å². The number of aliphatic hydroxyl groups is 1. The summed E-state index contributed by atoms with van der Waals surface area (Å²) in [6.07, 6.45) is 3.79. The van der Waals surface area contributed by atoms with Gasteiger partial charge in [0.1, 0.15) is 0 Å². The molecule has 1 aromatic rings. The van der Waals surface area contributed by atoms with Crippen LogP contribution in [0.4, 0.5) is 0 Å². The summed E-state index contributed by atoms with van der Waals surface area (Å²) >= 11 is 0. The van der Waals surface area contributed by atoms with E-state index in [0.717, 1.165) is 31.0 Å². The second-order valence-corrected chi connectivity index (χ2v) is 3.94. The zero-order valence-electron chi connectivity index (χ0n) is 11.1. The van der Waals surface area contributed by atoms with Crippen molar-refractivity contribution in [2.75, 3.05) is 19.6 Å². The quantitative estimate of drug-likeness (QED) is 0.522. The molecule has 1 heterocycles. The number of nitrogens with one attached hydrogen (secondary N) is 2. The molecule has 1 rings (SSSR count). The molecule has 1 aromatic heterocycles. The van der Waals surface area contributed by atoms with Crippen LogP contribution in [-0.2, 0) is 0 Å². The molecule has 18 heavy (non-hydrogen) atoms. The van der Waals surface area contributed by atoms with Gasteiger partial charge in [0.25, 0.3) is 0 Å². The maximum Gasteiger partial charge on any atom is 0.191 e. The standard InChI is InChI=1S/C13H22N4O/c1-3-7-16-13(15-4-2)17-10-12(18)11-5-8-14-9-6-11/h5-6,8-9,12,18H,3-4,7,10H2,1-2H3,(H2,15,16,17). The van der Waals surface area contributed by atoms with Gasteiger partial charge in [-0.15, -0.1) is 0 Å². The van der Waals surface area contributed by atoms with Crippen molar-refractivity contribution in [2.45, 2.75) is 26.4 Å². The number of hydrogen-bond donors (Lipinski definition) is 3. The van der Waals surface area contributed by atoms with Crippen LogP contribution < -0.4 is 10.6 Å². The minimum absolute atomic E-state index is 0.336. The van der Waals surface area contributed by atoms with Crippen molar-refractivity contribution in [3.05, 3.63) is 30.1 Å². The highest BCUT2D eigenvalue weighted by molar-refractivity contribution is 5.79. The Balaban J connectivity index is 2.53. The number of guanidine groups is 1. The molecule has 0 amide bonds. The number of aliphatic hydroxyl groups excluding tert-OH is 1. The number of rotatable bonds is 6. The first-order chi connectivity index (χ1) is 8.77. The van der Waals surface area contributed by atoms with Crippen LogP contribution in [0.25, 0.3) is 0 Å². The predicted octanol–water partition coefficient (Wildman–Crippen LogP) is 1.08. The van der Waals surface area contributed by atoms with E-state index in [4.69, 9.17) is 0 Å². The number of nitrogens with zero attached hydrogens (tertiary/aromatic N) is 2. The molecule has 0 aliphatic carbocycles. The lowest BCUT2D eigenvalue weighted by molar-refractivity contribution is 0.187. The van der Waals surface area contributed by atoms with E-state index >= 15 is 0 Å².